The average molecular weight is 294 g/mol. The molecule has 1 saturated heterocycles. The van der Waals surface area contributed by atoms with Crippen LogP contribution in [0, 0.1) is 0 Å². The van der Waals surface area contributed by atoms with Gasteiger partial charge in [-0.2, -0.15) is 5.01 Å². The second-order valence-corrected chi connectivity index (χ2v) is 5.10. The van der Waals surface area contributed by atoms with E-state index in [2.05, 4.69) is 5.43 Å². The molecule has 3 rings (SSSR count). The standard InChI is InChI=1S/C17H14N2O3/c1-12(20)18-19-15(21)17(16(19)22,13-8-4-2-5-9-13)14-10-6-3-7-11-14/h2-11H,1H3,(H,18,20). The fourth-order valence-electron chi connectivity index (χ4n) is 2.76. The molecule has 5 heteroatoms. The fraction of sp³-hybridized carbons (Fsp3) is 0.118. The monoisotopic (exact) mass is 294 g/mol. The van der Waals surface area contributed by atoms with Crippen LogP contribution in [0.5, 0.6) is 0 Å². The quantitative estimate of drug-likeness (QED) is 0.687. The Balaban J connectivity index is 2.14. The molecule has 0 aromatic heterocycles. The molecule has 2 aromatic rings. The van der Waals surface area contributed by atoms with E-state index in [9.17, 15) is 14.4 Å². The summed E-state index contributed by atoms with van der Waals surface area (Å²) in [5.41, 5.74) is 2.07. The van der Waals surface area contributed by atoms with Gasteiger partial charge in [-0.1, -0.05) is 60.7 Å². The number of carbonyl (C=O) groups excluding carboxylic acids is 3. The molecular formula is C17H14N2O3. The lowest BCUT2D eigenvalue weighted by atomic mass is 9.67. The van der Waals surface area contributed by atoms with E-state index in [1.165, 1.54) is 6.92 Å². The van der Waals surface area contributed by atoms with Crippen molar-refractivity contribution in [2.24, 2.45) is 0 Å². The number of hydrogen-bond donors (Lipinski definition) is 1. The Bertz CT molecular complexity index is 684. The van der Waals surface area contributed by atoms with Crippen molar-refractivity contribution >= 4 is 17.7 Å². The van der Waals surface area contributed by atoms with Gasteiger partial charge < -0.3 is 0 Å². The molecule has 1 heterocycles. The van der Waals surface area contributed by atoms with Crippen LogP contribution < -0.4 is 5.43 Å². The molecule has 0 bridgehead atoms. The van der Waals surface area contributed by atoms with Gasteiger partial charge in [0.2, 0.25) is 5.91 Å². The van der Waals surface area contributed by atoms with Crippen LogP contribution in [-0.2, 0) is 19.8 Å². The molecule has 1 aliphatic heterocycles. The van der Waals surface area contributed by atoms with Crippen molar-refractivity contribution in [1.29, 1.82) is 0 Å². The molecule has 110 valence electrons. The highest BCUT2D eigenvalue weighted by Gasteiger charge is 2.64. The zero-order valence-electron chi connectivity index (χ0n) is 11.9. The normalized spacial score (nSPS) is 16.1. The molecular weight excluding hydrogens is 280 g/mol. The van der Waals surface area contributed by atoms with E-state index < -0.39 is 23.1 Å². The highest BCUT2D eigenvalue weighted by molar-refractivity contribution is 6.29. The van der Waals surface area contributed by atoms with Gasteiger partial charge in [0.05, 0.1) is 0 Å². The number of carbonyl (C=O) groups is 3. The number of nitrogens with one attached hydrogen (secondary N) is 1. The summed E-state index contributed by atoms with van der Waals surface area (Å²) in [4.78, 5) is 36.6. The van der Waals surface area contributed by atoms with Gasteiger partial charge in [0.25, 0.3) is 11.8 Å². The largest absolute Gasteiger partial charge is 0.274 e. The van der Waals surface area contributed by atoms with Crippen LogP contribution in [0.3, 0.4) is 0 Å². The molecule has 22 heavy (non-hydrogen) atoms. The maximum absolute atomic E-state index is 12.7. The Hall–Kier alpha value is -2.95. The topological polar surface area (TPSA) is 66.5 Å². The van der Waals surface area contributed by atoms with Gasteiger partial charge in [-0.05, 0) is 11.1 Å². The van der Waals surface area contributed by atoms with Gasteiger partial charge >= 0.3 is 0 Å². The van der Waals surface area contributed by atoms with Gasteiger partial charge in [0.15, 0.2) is 5.41 Å². The number of rotatable bonds is 3. The maximum atomic E-state index is 12.7. The molecule has 1 aliphatic rings. The summed E-state index contributed by atoms with van der Waals surface area (Å²) in [6.45, 7) is 1.26. The van der Waals surface area contributed by atoms with Crippen LogP contribution >= 0.6 is 0 Å². The second-order valence-electron chi connectivity index (χ2n) is 5.10. The molecule has 1 fully saturated rings. The molecule has 0 saturated carbocycles. The molecule has 0 unspecified atom stereocenters. The van der Waals surface area contributed by atoms with Crippen LogP contribution in [0.15, 0.2) is 60.7 Å². The zero-order chi connectivity index (χ0) is 15.7. The third-order valence-electron chi connectivity index (χ3n) is 3.73. The van der Waals surface area contributed by atoms with Crippen molar-refractivity contribution in [2.75, 3.05) is 0 Å². The minimum absolute atomic E-state index is 0.454. The van der Waals surface area contributed by atoms with Crippen molar-refractivity contribution < 1.29 is 14.4 Å². The molecule has 0 radical (unpaired) electrons. The molecule has 1 N–H and O–H groups in total. The predicted octanol–water partition coefficient (Wildman–Crippen LogP) is 1.39. The SMILES string of the molecule is CC(=O)NN1C(=O)C(c2ccccc2)(c2ccccc2)C1=O. The Morgan fingerprint density at radius 1 is 0.864 bits per heavy atom. The number of nitrogens with zero attached hydrogens (tertiary/aromatic N) is 1. The van der Waals surface area contributed by atoms with Crippen LogP contribution in [0.1, 0.15) is 18.1 Å². The highest BCUT2D eigenvalue weighted by Crippen LogP contribution is 2.42. The number of hydrogen-bond acceptors (Lipinski definition) is 3. The summed E-state index contributed by atoms with van der Waals surface area (Å²) in [7, 11) is 0. The van der Waals surface area contributed by atoms with E-state index in [-0.39, 0.29) is 0 Å². The highest BCUT2D eigenvalue weighted by atomic mass is 16.2. The summed E-state index contributed by atoms with van der Waals surface area (Å²) < 4.78 is 0. The van der Waals surface area contributed by atoms with Gasteiger partial charge in [-0.15, -0.1) is 0 Å². The lowest BCUT2D eigenvalue weighted by Crippen LogP contribution is -2.73. The lowest BCUT2D eigenvalue weighted by molar-refractivity contribution is -0.173. The first-order chi connectivity index (χ1) is 10.6. The van der Waals surface area contributed by atoms with E-state index >= 15 is 0 Å². The van der Waals surface area contributed by atoms with Crippen LogP contribution in [0.25, 0.3) is 0 Å². The number of benzene rings is 2. The van der Waals surface area contributed by atoms with Gasteiger partial charge in [-0.3, -0.25) is 19.8 Å². The Kier molecular flexibility index (Phi) is 3.25. The Morgan fingerprint density at radius 3 is 1.64 bits per heavy atom. The van der Waals surface area contributed by atoms with Crippen LogP contribution in [0.4, 0.5) is 0 Å². The average Bonchev–Trinajstić information content (AvgIpc) is 2.55. The van der Waals surface area contributed by atoms with E-state index in [1.54, 1.807) is 48.5 Å². The molecule has 0 atom stereocenters. The minimum atomic E-state index is -1.38. The maximum Gasteiger partial charge on any atom is 0.273 e. The van der Waals surface area contributed by atoms with Crippen molar-refractivity contribution in [2.45, 2.75) is 12.3 Å². The van der Waals surface area contributed by atoms with E-state index in [1.807, 2.05) is 12.1 Å². The molecule has 2 aromatic carbocycles. The van der Waals surface area contributed by atoms with E-state index in [0.717, 1.165) is 5.01 Å². The second kappa shape index (κ2) is 5.11. The zero-order valence-corrected chi connectivity index (χ0v) is 11.9. The molecule has 5 nitrogen and oxygen atoms in total. The Morgan fingerprint density at radius 2 is 1.27 bits per heavy atom. The van der Waals surface area contributed by atoms with Crippen molar-refractivity contribution in [1.82, 2.24) is 10.4 Å². The Labute approximate surface area is 127 Å². The molecule has 0 aliphatic carbocycles. The summed E-state index contributed by atoms with van der Waals surface area (Å²) in [6, 6.07) is 17.7. The first-order valence-electron chi connectivity index (χ1n) is 6.85. The van der Waals surface area contributed by atoms with Crippen LogP contribution in [-0.4, -0.2) is 22.7 Å². The van der Waals surface area contributed by atoms with Gasteiger partial charge in [0.1, 0.15) is 0 Å². The van der Waals surface area contributed by atoms with Crippen molar-refractivity contribution in [3.63, 3.8) is 0 Å². The van der Waals surface area contributed by atoms with Crippen molar-refractivity contribution in [3.05, 3.63) is 71.8 Å². The van der Waals surface area contributed by atoms with Crippen LogP contribution in [0.2, 0.25) is 0 Å². The van der Waals surface area contributed by atoms with E-state index in [4.69, 9.17) is 0 Å². The first kappa shape index (κ1) is 14.0. The molecule has 0 spiro atoms. The summed E-state index contributed by atoms with van der Waals surface area (Å²) in [5, 5.41) is 0.780. The molecule has 3 amide bonds. The van der Waals surface area contributed by atoms with Crippen molar-refractivity contribution in [3.8, 4) is 0 Å². The summed E-state index contributed by atoms with van der Waals surface area (Å²) >= 11 is 0. The summed E-state index contributed by atoms with van der Waals surface area (Å²) in [5.74, 6) is -1.37. The third kappa shape index (κ3) is 1.83. The van der Waals surface area contributed by atoms with Gasteiger partial charge in [0, 0.05) is 6.92 Å². The fourth-order valence-corrected chi connectivity index (χ4v) is 2.76. The lowest BCUT2D eigenvalue weighted by Gasteiger charge is -2.46. The summed E-state index contributed by atoms with van der Waals surface area (Å²) in [6.07, 6.45) is 0. The number of amides is 3. The number of imide groups is 1. The van der Waals surface area contributed by atoms with Gasteiger partial charge in [-0.25, -0.2) is 0 Å². The number of β-lactam (4-membered cyclic amide) rings is 2. The smallest absolute Gasteiger partial charge is 0.273 e. The predicted molar refractivity (Wildman–Crippen MR) is 79.3 cm³/mol. The minimum Gasteiger partial charge on any atom is -0.274 e. The first-order valence-corrected chi connectivity index (χ1v) is 6.85. The van der Waals surface area contributed by atoms with E-state index in [0.29, 0.717) is 11.1 Å². The number of hydrazine groups is 1. The third-order valence-corrected chi connectivity index (χ3v) is 3.73.